The quantitative estimate of drug-likeness (QED) is 0.334. The van der Waals surface area contributed by atoms with Gasteiger partial charge in [0.25, 0.3) is 0 Å². The highest BCUT2D eigenvalue weighted by Gasteiger charge is 2.85. The van der Waals surface area contributed by atoms with E-state index < -0.39 is 29.2 Å². The lowest BCUT2D eigenvalue weighted by atomic mass is 9.41. The molecule has 5 fully saturated rings. The second-order valence-electron chi connectivity index (χ2n) is 15.3. The van der Waals surface area contributed by atoms with Crippen molar-refractivity contribution in [2.24, 2.45) is 56.7 Å². The molecule has 0 amide bonds. The molecule has 0 aromatic heterocycles. The SMILES string of the molecule is CC(CCC(O)(CO)C(C)C)C1CCC2(C)C3CCC4C(C)(C(=O)O)C(O)CC(O)C45CC35CCC12C. The Balaban J connectivity index is 1.41. The van der Waals surface area contributed by atoms with Gasteiger partial charge in [-0.3, -0.25) is 4.79 Å². The van der Waals surface area contributed by atoms with Crippen LogP contribution in [-0.4, -0.2) is 55.9 Å². The fraction of sp³-hybridized carbons (Fsp3) is 0.968. The number of aliphatic hydroxyl groups excluding tert-OH is 3. The van der Waals surface area contributed by atoms with E-state index in [0.29, 0.717) is 24.2 Å². The third-order valence-electron chi connectivity index (χ3n) is 14.4. The van der Waals surface area contributed by atoms with Gasteiger partial charge in [-0.15, -0.1) is 0 Å². The van der Waals surface area contributed by atoms with Gasteiger partial charge < -0.3 is 25.5 Å². The van der Waals surface area contributed by atoms with Crippen LogP contribution in [0, 0.1) is 56.7 Å². The van der Waals surface area contributed by atoms with Crippen molar-refractivity contribution >= 4 is 5.97 Å². The van der Waals surface area contributed by atoms with Crippen molar-refractivity contribution in [2.45, 2.75) is 124 Å². The van der Waals surface area contributed by atoms with E-state index in [9.17, 15) is 30.3 Å². The van der Waals surface area contributed by atoms with Gasteiger partial charge in [0.2, 0.25) is 0 Å². The van der Waals surface area contributed by atoms with Crippen LogP contribution in [0.4, 0.5) is 0 Å². The minimum absolute atomic E-state index is 0.00659. The third-order valence-corrected chi connectivity index (χ3v) is 14.4. The molecular formula is C31H52O6. The largest absolute Gasteiger partial charge is 0.481 e. The van der Waals surface area contributed by atoms with Crippen LogP contribution in [0.1, 0.15) is 106 Å². The summed E-state index contributed by atoms with van der Waals surface area (Å²) in [5.74, 6) is 0.404. The Kier molecular flexibility index (Phi) is 6.33. The number of carboxylic acid groups (broad SMARTS) is 1. The summed E-state index contributed by atoms with van der Waals surface area (Å²) in [6, 6.07) is 0. The Labute approximate surface area is 223 Å². The van der Waals surface area contributed by atoms with Gasteiger partial charge in [-0.25, -0.2) is 0 Å². The summed E-state index contributed by atoms with van der Waals surface area (Å²) in [7, 11) is 0. The molecule has 0 heterocycles. The molecular weight excluding hydrogens is 468 g/mol. The molecule has 6 heteroatoms. The molecule has 6 nitrogen and oxygen atoms in total. The van der Waals surface area contributed by atoms with Crippen LogP contribution >= 0.6 is 0 Å². The van der Waals surface area contributed by atoms with Crippen LogP contribution in [0.3, 0.4) is 0 Å². The smallest absolute Gasteiger partial charge is 0.312 e. The van der Waals surface area contributed by atoms with E-state index in [-0.39, 0.29) is 46.5 Å². The molecule has 5 saturated carbocycles. The van der Waals surface area contributed by atoms with Gasteiger partial charge in [-0.2, -0.15) is 0 Å². The maximum absolute atomic E-state index is 12.5. The summed E-state index contributed by atoms with van der Waals surface area (Å²) in [6.45, 7) is 12.8. The molecule has 12 unspecified atom stereocenters. The summed E-state index contributed by atoms with van der Waals surface area (Å²) >= 11 is 0. The molecule has 0 aliphatic heterocycles. The Hall–Kier alpha value is -0.690. The zero-order valence-electron chi connectivity index (χ0n) is 24.0. The van der Waals surface area contributed by atoms with Crippen LogP contribution < -0.4 is 0 Å². The van der Waals surface area contributed by atoms with Crippen LogP contribution in [0.2, 0.25) is 0 Å². The summed E-state index contributed by atoms with van der Waals surface area (Å²) in [4.78, 5) is 12.5. The molecule has 2 spiro atoms. The van der Waals surface area contributed by atoms with Crippen molar-refractivity contribution in [3.63, 3.8) is 0 Å². The van der Waals surface area contributed by atoms with Gasteiger partial charge in [-0.1, -0.05) is 34.6 Å². The Morgan fingerprint density at radius 3 is 2.19 bits per heavy atom. The van der Waals surface area contributed by atoms with E-state index in [4.69, 9.17) is 0 Å². The first kappa shape index (κ1) is 27.9. The number of carbonyl (C=O) groups is 1. The van der Waals surface area contributed by atoms with Gasteiger partial charge in [0, 0.05) is 11.8 Å². The Bertz CT molecular complexity index is 937. The number of hydrogen-bond acceptors (Lipinski definition) is 5. The number of rotatable bonds is 7. The summed E-state index contributed by atoms with van der Waals surface area (Å²) < 4.78 is 0. The van der Waals surface area contributed by atoms with Crippen LogP contribution in [0.15, 0.2) is 0 Å². The van der Waals surface area contributed by atoms with Crippen molar-refractivity contribution in [2.75, 3.05) is 6.61 Å². The molecule has 0 radical (unpaired) electrons. The van der Waals surface area contributed by atoms with Crippen molar-refractivity contribution in [3.8, 4) is 0 Å². The second-order valence-corrected chi connectivity index (χ2v) is 15.3. The van der Waals surface area contributed by atoms with E-state index in [0.717, 1.165) is 44.9 Å². The molecule has 0 bridgehead atoms. The number of aliphatic hydroxyl groups is 4. The maximum atomic E-state index is 12.5. The zero-order chi connectivity index (χ0) is 27.4. The van der Waals surface area contributed by atoms with Crippen molar-refractivity contribution < 1.29 is 30.3 Å². The first-order valence-electron chi connectivity index (χ1n) is 15.0. The molecule has 5 N–H and O–H groups in total. The Morgan fingerprint density at radius 1 is 0.946 bits per heavy atom. The van der Waals surface area contributed by atoms with E-state index in [2.05, 4.69) is 20.8 Å². The molecule has 5 aliphatic rings. The highest BCUT2D eigenvalue weighted by Crippen LogP contribution is 2.89. The fourth-order valence-corrected chi connectivity index (χ4v) is 11.5. The lowest BCUT2D eigenvalue weighted by molar-refractivity contribution is -0.210. The Morgan fingerprint density at radius 2 is 1.59 bits per heavy atom. The van der Waals surface area contributed by atoms with Crippen molar-refractivity contribution in [1.82, 2.24) is 0 Å². The average molecular weight is 521 g/mol. The van der Waals surface area contributed by atoms with Gasteiger partial charge in [0.15, 0.2) is 0 Å². The van der Waals surface area contributed by atoms with Crippen LogP contribution in [0.25, 0.3) is 0 Å². The first-order valence-corrected chi connectivity index (χ1v) is 15.0. The lowest BCUT2D eigenvalue weighted by Gasteiger charge is -2.63. The average Bonchev–Trinajstić information content (AvgIpc) is 3.45. The van der Waals surface area contributed by atoms with E-state index >= 15 is 0 Å². The van der Waals surface area contributed by atoms with Crippen LogP contribution in [0.5, 0.6) is 0 Å². The van der Waals surface area contributed by atoms with Crippen molar-refractivity contribution in [3.05, 3.63) is 0 Å². The highest BCUT2D eigenvalue weighted by molar-refractivity contribution is 5.76. The number of hydrogen-bond donors (Lipinski definition) is 5. The highest BCUT2D eigenvalue weighted by atomic mass is 16.4. The maximum Gasteiger partial charge on any atom is 0.312 e. The van der Waals surface area contributed by atoms with Crippen LogP contribution in [-0.2, 0) is 4.79 Å². The van der Waals surface area contributed by atoms with Gasteiger partial charge in [0.1, 0.15) is 0 Å². The minimum Gasteiger partial charge on any atom is -0.481 e. The molecule has 0 aromatic carbocycles. The van der Waals surface area contributed by atoms with Gasteiger partial charge in [-0.05, 0) is 111 Å². The number of fused-ring (bicyclic) bond motifs is 2. The normalized spacial score (nSPS) is 52.9. The predicted molar refractivity (Wildman–Crippen MR) is 142 cm³/mol. The zero-order valence-corrected chi connectivity index (χ0v) is 24.0. The molecule has 5 rings (SSSR count). The van der Waals surface area contributed by atoms with E-state index in [1.807, 2.05) is 13.8 Å². The van der Waals surface area contributed by atoms with E-state index in [1.165, 1.54) is 6.42 Å². The molecule has 212 valence electrons. The summed E-state index contributed by atoms with van der Waals surface area (Å²) in [6.07, 6.45) is 7.20. The predicted octanol–water partition coefficient (Wildman–Crippen LogP) is 4.62. The van der Waals surface area contributed by atoms with Gasteiger partial charge in [0.05, 0.1) is 29.8 Å². The number of aliphatic carboxylic acids is 1. The van der Waals surface area contributed by atoms with Gasteiger partial charge >= 0.3 is 5.97 Å². The fourth-order valence-electron chi connectivity index (χ4n) is 11.5. The summed E-state index contributed by atoms with van der Waals surface area (Å²) in [5, 5.41) is 53.4. The molecule has 5 aliphatic carbocycles. The van der Waals surface area contributed by atoms with Crippen molar-refractivity contribution in [1.29, 1.82) is 0 Å². The third kappa shape index (κ3) is 3.22. The van der Waals surface area contributed by atoms with E-state index in [1.54, 1.807) is 6.92 Å². The lowest BCUT2D eigenvalue weighted by Crippen LogP contribution is -2.63. The monoisotopic (exact) mass is 520 g/mol. The minimum atomic E-state index is -1.19. The standard InChI is InChI=1S/C31H52O6/c1-18(2)30(37,17-32)12-9-19(3)20-10-11-27(5)21-7-8-22-28(6,25(35)36)23(33)15-24(34)31(22)16-29(21,31)14-13-26(20,27)4/h18-24,32-34,37H,7-17H2,1-6H3,(H,35,36). The number of carboxylic acids is 1. The molecule has 12 atom stereocenters. The molecule has 37 heavy (non-hydrogen) atoms. The first-order chi connectivity index (χ1) is 17.1. The molecule has 0 aromatic rings. The summed E-state index contributed by atoms with van der Waals surface area (Å²) in [5.41, 5.74) is -2.28. The second kappa shape index (κ2) is 8.41. The molecule has 0 saturated heterocycles. The topological polar surface area (TPSA) is 118 Å².